The highest BCUT2D eigenvalue weighted by atomic mass is 16.5. The number of esters is 1. The molecule has 0 N–H and O–H groups in total. The van der Waals surface area contributed by atoms with Crippen LogP contribution in [0.3, 0.4) is 0 Å². The van der Waals surface area contributed by atoms with Gasteiger partial charge in [-0.05, 0) is 56.2 Å². The van der Waals surface area contributed by atoms with Gasteiger partial charge < -0.3 is 14.1 Å². The van der Waals surface area contributed by atoms with Crippen LogP contribution in [0.5, 0.6) is 0 Å². The van der Waals surface area contributed by atoms with Gasteiger partial charge in [0.15, 0.2) is 5.76 Å². The molecular formula is C24H26N2O6. The van der Waals surface area contributed by atoms with E-state index in [0.717, 1.165) is 37.0 Å². The zero-order valence-electron chi connectivity index (χ0n) is 18.0. The van der Waals surface area contributed by atoms with Gasteiger partial charge in [-0.15, -0.1) is 0 Å². The molecule has 8 nitrogen and oxygen atoms in total. The van der Waals surface area contributed by atoms with Crippen LogP contribution in [0.2, 0.25) is 0 Å². The van der Waals surface area contributed by atoms with Crippen LogP contribution in [0.1, 0.15) is 66.4 Å². The van der Waals surface area contributed by atoms with Gasteiger partial charge in [0.25, 0.3) is 11.8 Å². The number of hydrogen-bond acceptors (Lipinski definition) is 6. The van der Waals surface area contributed by atoms with E-state index in [9.17, 15) is 19.2 Å². The van der Waals surface area contributed by atoms with Crippen LogP contribution in [0.15, 0.2) is 47.1 Å². The third-order valence-electron chi connectivity index (χ3n) is 6.03. The number of carbonyl (C=O) groups is 4. The van der Waals surface area contributed by atoms with Crippen molar-refractivity contribution in [2.45, 2.75) is 57.5 Å². The van der Waals surface area contributed by atoms with E-state index in [2.05, 4.69) is 0 Å². The molecule has 4 rings (SSSR count). The molecule has 3 amide bonds. The average Bonchev–Trinajstić information content (AvgIpc) is 3.44. The predicted octanol–water partition coefficient (Wildman–Crippen LogP) is 3.56. The van der Waals surface area contributed by atoms with Crippen LogP contribution in [0.4, 0.5) is 5.69 Å². The third-order valence-corrected chi connectivity index (χ3v) is 6.03. The number of imide groups is 1. The van der Waals surface area contributed by atoms with E-state index in [4.69, 9.17) is 9.15 Å². The number of amides is 3. The van der Waals surface area contributed by atoms with Crippen molar-refractivity contribution < 1.29 is 28.3 Å². The fourth-order valence-corrected chi connectivity index (χ4v) is 4.51. The number of ether oxygens (including phenoxy) is 1. The largest absolute Gasteiger partial charge is 0.462 e. The summed E-state index contributed by atoms with van der Waals surface area (Å²) < 4.78 is 10.3. The smallest absolute Gasteiger partial charge is 0.338 e. The first kappa shape index (κ1) is 21.8. The maximum absolute atomic E-state index is 13.4. The lowest BCUT2D eigenvalue weighted by atomic mass is 9.92. The summed E-state index contributed by atoms with van der Waals surface area (Å²) in [5, 5.41) is 0. The van der Waals surface area contributed by atoms with Crippen LogP contribution in [0, 0.1) is 0 Å². The van der Waals surface area contributed by atoms with Crippen molar-refractivity contribution in [1.82, 2.24) is 4.90 Å². The summed E-state index contributed by atoms with van der Waals surface area (Å²) in [7, 11) is 0. The molecule has 2 heterocycles. The Morgan fingerprint density at radius 3 is 2.44 bits per heavy atom. The Balaban J connectivity index is 1.60. The summed E-state index contributed by atoms with van der Waals surface area (Å²) in [6, 6.07) is 8.34. The number of nitrogens with zero attached hydrogens (tertiary/aromatic N) is 2. The van der Waals surface area contributed by atoms with Crippen molar-refractivity contribution >= 4 is 29.4 Å². The number of benzene rings is 1. The maximum atomic E-state index is 13.4. The van der Waals surface area contributed by atoms with Crippen LogP contribution < -0.4 is 4.90 Å². The topological polar surface area (TPSA) is 97.1 Å². The second-order valence-electron chi connectivity index (χ2n) is 8.04. The number of carbonyl (C=O) groups excluding carboxylic acids is 4. The Morgan fingerprint density at radius 2 is 1.81 bits per heavy atom. The molecule has 1 saturated heterocycles. The molecule has 2 aromatic rings. The summed E-state index contributed by atoms with van der Waals surface area (Å²) in [4.78, 5) is 54.1. The van der Waals surface area contributed by atoms with Gasteiger partial charge in [-0.1, -0.05) is 19.3 Å². The molecule has 0 spiro atoms. The summed E-state index contributed by atoms with van der Waals surface area (Å²) in [6.07, 6.45) is 5.96. The van der Waals surface area contributed by atoms with E-state index in [1.807, 2.05) is 0 Å². The molecule has 1 unspecified atom stereocenters. The Bertz CT molecular complexity index is 992. The van der Waals surface area contributed by atoms with E-state index in [1.54, 1.807) is 36.1 Å². The van der Waals surface area contributed by atoms with Crippen molar-refractivity contribution in [2.24, 2.45) is 0 Å². The highest BCUT2D eigenvalue weighted by Gasteiger charge is 2.47. The third kappa shape index (κ3) is 4.17. The Kier molecular flexibility index (Phi) is 6.39. The minimum Gasteiger partial charge on any atom is -0.462 e. The van der Waals surface area contributed by atoms with Gasteiger partial charge in [0.1, 0.15) is 6.04 Å². The van der Waals surface area contributed by atoms with Gasteiger partial charge >= 0.3 is 5.97 Å². The SMILES string of the molecule is CCOC(=O)c1ccc(N2C(=O)CC(N(C(=O)c3ccco3)C3CCCCC3)C2=O)cc1. The molecule has 32 heavy (non-hydrogen) atoms. The molecule has 8 heteroatoms. The van der Waals surface area contributed by atoms with Crippen molar-refractivity contribution in [3.05, 3.63) is 54.0 Å². The quantitative estimate of drug-likeness (QED) is 0.505. The molecule has 1 aromatic heterocycles. The zero-order valence-corrected chi connectivity index (χ0v) is 18.0. The van der Waals surface area contributed by atoms with Gasteiger partial charge in [0.05, 0.1) is 30.5 Å². The Hall–Kier alpha value is -3.42. The first-order valence-electron chi connectivity index (χ1n) is 11.0. The predicted molar refractivity (Wildman–Crippen MR) is 115 cm³/mol. The van der Waals surface area contributed by atoms with Crippen molar-refractivity contribution in [3.63, 3.8) is 0 Å². The van der Waals surface area contributed by atoms with Crippen LogP contribution in [0.25, 0.3) is 0 Å². The van der Waals surface area contributed by atoms with Gasteiger partial charge in [-0.25, -0.2) is 9.69 Å². The monoisotopic (exact) mass is 438 g/mol. The molecular weight excluding hydrogens is 412 g/mol. The normalized spacial score (nSPS) is 19.3. The lowest BCUT2D eigenvalue weighted by Gasteiger charge is -2.36. The summed E-state index contributed by atoms with van der Waals surface area (Å²) in [5.41, 5.74) is 0.702. The highest BCUT2D eigenvalue weighted by Crippen LogP contribution is 2.32. The van der Waals surface area contributed by atoms with Crippen LogP contribution >= 0.6 is 0 Å². The molecule has 1 aromatic carbocycles. The van der Waals surface area contributed by atoms with Gasteiger partial charge in [0.2, 0.25) is 5.91 Å². The van der Waals surface area contributed by atoms with E-state index in [1.165, 1.54) is 18.4 Å². The number of anilines is 1. The van der Waals surface area contributed by atoms with Crippen molar-refractivity contribution in [2.75, 3.05) is 11.5 Å². The number of furan rings is 1. The molecule has 2 fully saturated rings. The second-order valence-corrected chi connectivity index (χ2v) is 8.04. The summed E-state index contributed by atoms with van der Waals surface area (Å²) >= 11 is 0. The van der Waals surface area contributed by atoms with E-state index in [0.29, 0.717) is 11.3 Å². The fraction of sp³-hybridized carbons (Fsp3) is 0.417. The van der Waals surface area contributed by atoms with Gasteiger partial charge in [0, 0.05) is 6.04 Å². The Morgan fingerprint density at radius 1 is 1.09 bits per heavy atom. The van der Waals surface area contributed by atoms with E-state index in [-0.39, 0.29) is 36.6 Å². The molecule has 168 valence electrons. The molecule has 1 atom stereocenters. The Labute approximate surface area is 186 Å². The van der Waals surface area contributed by atoms with Gasteiger partial charge in [-0.3, -0.25) is 14.4 Å². The first-order valence-corrected chi connectivity index (χ1v) is 11.0. The van der Waals surface area contributed by atoms with Crippen molar-refractivity contribution in [1.29, 1.82) is 0 Å². The molecule has 2 aliphatic rings. The minimum absolute atomic E-state index is 0.0819. The lowest BCUT2D eigenvalue weighted by molar-refractivity contribution is -0.123. The van der Waals surface area contributed by atoms with Crippen molar-refractivity contribution in [3.8, 4) is 0 Å². The minimum atomic E-state index is -0.882. The molecule has 1 aliphatic carbocycles. The van der Waals surface area contributed by atoms with E-state index < -0.39 is 17.9 Å². The molecule has 0 radical (unpaired) electrons. The maximum Gasteiger partial charge on any atom is 0.338 e. The van der Waals surface area contributed by atoms with Crippen LogP contribution in [-0.2, 0) is 14.3 Å². The second kappa shape index (κ2) is 9.38. The summed E-state index contributed by atoms with van der Waals surface area (Å²) in [5.74, 6) is -1.49. The summed E-state index contributed by atoms with van der Waals surface area (Å²) in [6.45, 7) is 1.97. The first-order chi connectivity index (χ1) is 15.5. The van der Waals surface area contributed by atoms with Crippen LogP contribution in [-0.4, -0.2) is 47.3 Å². The standard InChI is InChI=1S/C24H26N2O6/c1-2-31-24(30)16-10-12-18(13-11-16)26-21(27)15-19(22(26)28)25(17-7-4-3-5-8-17)23(29)20-9-6-14-32-20/h6,9-14,17,19H,2-5,7-8,15H2,1H3. The molecule has 0 bridgehead atoms. The lowest BCUT2D eigenvalue weighted by Crippen LogP contribution is -2.51. The zero-order chi connectivity index (χ0) is 22.7. The van der Waals surface area contributed by atoms with Gasteiger partial charge in [-0.2, -0.15) is 0 Å². The average molecular weight is 438 g/mol. The fourth-order valence-electron chi connectivity index (χ4n) is 4.51. The van der Waals surface area contributed by atoms with E-state index >= 15 is 0 Å². The molecule has 1 aliphatic heterocycles. The molecule has 1 saturated carbocycles. The number of rotatable bonds is 6. The highest BCUT2D eigenvalue weighted by molar-refractivity contribution is 6.23. The number of hydrogen-bond donors (Lipinski definition) is 0.